The van der Waals surface area contributed by atoms with E-state index < -0.39 is 0 Å². The molecule has 5 heteroatoms. The number of benzene rings is 2. The van der Waals surface area contributed by atoms with Crippen LogP contribution in [0.5, 0.6) is 5.75 Å². The van der Waals surface area contributed by atoms with Crippen molar-refractivity contribution >= 4 is 34.7 Å². The molecular weight excluding hydrogens is 379 g/mol. The van der Waals surface area contributed by atoms with Crippen LogP contribution in [0.4, 0.5) is 0 Å². The number of halogens is 1. The zero-order valence-electron chi connectivity index (χ0n) is 11.5. The van der Waals surface area contributed by atoms with Gasteiger partial charge in [0, 0.05) is 9.13 Å². The highest BCUT2D eigenvalue weighted by Gasteiger charge is 2.07. The number of hydrogen-bond donors (Lipinski definition) is 1. The quantitative estimate of drug-likeness (QED) is 0.480. The third kappa shape index (κ3) is 4.29. The first-order valence-corrected chi connectivity index (χ1v) is 7.60. The SMILES string of the molecule is CCOc1ccccc1/C=N\NC(=O)c1ccccc1I. The molecule has 0 saturated carbocycles. The third-order valence-corrected chi connectivity index (χ3v) is 3.65. The van der Waals surface area contributed by atoms with E-state index in [1.54, 1.807) is 12.3 Å². The number of nitrogens with one attached hydrogen (secondary N) is 1. The molecule has 2 aromatic carbocycles. The molecule has 0 atom stereocenters. The van der Waals surface area contributed by atoms with Crippen LogP contribution < -0.4 is 10.2 Å². The smallest absolute Gasteiger partial charge is 0.272 e. The van der Waals surface area contributed by atoms with Gasteiger partial charge in [-0.2, -0.15) is 5.10 Å². The summed E-state index contributed by atoms with van der Waals surface area (Å²) in [6.07, 6.45) is 1.58. The van der Waals surface area contributed by atoms with Gasteiger partial charge in [0.15, 0.2) is 0 Å². The second kappa shape index (κ2) is 7.78. The summed E-state index contributed by atoms with van der Waals surface area (Å²) in [6, 6.07) is 14.9. The fourth-order valence-corrected chi connectivity index (χ4v) is 2.37. The van der Waals surface area contributed by atoms with E-state index in [1.807, 2.05) is 49.4 Å². The lowest BCUT2D eigenvalue weighted by molar-refractivity contribution is 0.0954. The second-order valence-electron chi connectivity index (χ2n) is 4.15. The first-order chi connectivity index (χ1) is 10.2. The van der Waals surface area contributed by atoms with Gasteiger partial charge in [-0.3, -0.25) is 4.79 Å². The van der Waals surface area contributed by atoms with Crippen molar-refractivity contribution in [1.82, 2.24) is 5.43 Å². The van der Waals surface area contributed by atoms with Gasteiger partial charge in [0.25, 0.3) is 5.91 Å². The second-order valence-corrected chi connectivity index (χ2v) is 5.31. The van der Waals surface area contributed by atoms with Crippen molar-refractivity contribution in [2.75, 3.05) is 6.61 Å². The number of carbonyl (C=O) groups is 1. The van der Waals surface area contributed by atoms with Gasteiger partial charge < -0.3 is 4.74 Å². The summed E-state index contributed by atoms with van der Waals surface area (Å²) in [5.74, 6) is 0.512. The maximum atomic E-state index is 12.0. The van der Waals surface area contributed by atoms with Crippen molar-refractivity contribution in [2.24, 2.45) is 5.10 Å². The maximum Gasteiger partial charge on any atom is 0.272 e. The average molecular weight is 394 g/mol. The summed E-state index contributed by atoms with van der Waals surface area (Å²) >= 11 is 2.12. The predicted molar refractivity (Wildman–Crippen MR) is 91.8 cm³/mol. The summed E-state index contributed by atoms with van der Waals surface area (Å²) in [7, 11) is 0. The Balaban J connectivity index is 2.06. The molecule has 2 aromatic rings. The predicted octanol–water partition coefficient (Wildman–Crippen LogP) is 3.45. The number of rotatable bonds is 5. The van der Waals surface area contributed by atoms with Crippen molar-refractivity contribution in [3.63, 3.8) is 0 Å². The highest BCUT2D eigenvalue weighted by atomic mass is 127. The van der Waals surface area contributed by atoms with Gasteiger partial charge in [0.05, 0.1) is 18.4 Å². The maximum absolute atomic E-state index is 12.0. The Kier molecular flexibility index (Phi) is 5.74. The molecule has 0 radical (unpaired) electrons. The van der Waals surface area contributed by atoms with Crippen LogP contribution in [0, 0.1) is 3.57 Å². The summed E-state index contributed by atoms with van der Waals surface area (Å²) in [5, 5.41) is 3.99. The number of nitrogens with zero attached hydrogens (tertiary/aromatic N) is 1. The minimum absolute atomic E-state index is 0.231. The molecule has 0 aliphatic heterocycles. The van der Waals surface area contributed by atoms with E-state index in [0.717, 1.165) is 14.9 Å². The molecule has 21 heavy (non-hydrogen) atoms. The van der Waals surface area contributed by atoms with E-state index >= 15 is 0 Å². The molecule has 1 N–H and O–H groups in total. The van der Waals surface area contributed by atoms with Crippen LogP contribution in [0.2, 0.25) is 0 Å². The number of hydrazone groups is 1. The lowest BCUT2D eigenvalue weighted by Crippen LogP contribution is -2.18. The first kappa shape index (κ1) is 15.5. The van der Waals surface area contributed by atoms with Crippen LogP contribution in [0.1, 0.15) is 22.8 Å². The topological polar surface area (TPSA) is 50.7 Å². The summed E-state index contributed by atoms with van der Waals surface area (Å²) in [5.41, 5.74) is 3.95. The van der Waals surface area contributed by atoms with Gasteiger partial charge in [-0.1, -0.05) is 24.3 Å². The van der Waals surface area contributed by atoms with E-state index in [-0.39, 0.29) is 5.91 Å². The Morgan fingerprint density at radius 1 is 1.24 bits per heavy atom. The van der Waals surface area contributed by atoms with Gasteiger partial charge in [0.2, 0.25) is 0 Å². The van der Waals surface area contributed by atoms with Crippen molar-refractivity contribution in [1.29, 1.82) is 0 Å². The van der Waals surface area contributed by atoms with Crippen LogP contribution in [0.25, 0.3) is 0 Å². The lowest BCUT2D eigenvalue weighted by atomic mass is 10.2. The van der Waals surface area contributed by atoms with Crippen LogP contribution in [-0.2, 0) is 0 Å². The number of amides is 1. The fourth-order valence-electron chi connectivity index (χ4n) is 1.74. The fraction of sp³-hybridized carbons (Fsp3) is 0.125. The zero-order valence-corrected chi connectivity index (χ0v) is 13.7. The first-order valence-electron chi connectivity index (χ1n) is 6.52. The third-order valence-electron chi connectivity index (χ3n) is 2.71. The molecule has 0 aliphatic rings. The molecule has 0 heterocycles. The van der Waals surface area contributed by atoms with Crippen LogP contribution in [-0.4, -0.2) is 18.7 Å². The van der Waals surface area contributed by atoms with Crippen LogP contribution >= 0.6 is 22.6 Å². The van der Waals surface area contributed by atoms with Gasteiger partial charge in [-0.05, 0) is 53.8 Å². The molecule has 0 saturated heterocycles. The molecule has 2 rings (SSSR count). The van der Waals surface area contributed by atoms with Gasteiger partial charge in [0.1, 0.15) is 5.75 Å². The van der Waals surface area contributed by atoms with E-state index in [2.05, 4.69) is 33.1 Å². The summed E-state index contributed by atoms with van der Waals surface area (Å²) < 4.78 is 6.38. The number of carbonyl (C=O) groups excluding carboxylic acids is 1. The Bertz CT molecular complexity index is 656. The minimum Gasteiger partial charge on any atom is -0.493 e. The Morgan fingerprint density at radius 2 is 1.95 bits per heavy atom. The molecule has 0 aliphatic carbocycles. The Hall–Kier alpha value is -1.89. The van der Waals surface area contributed by atoms with Gasteiger partial charge >= 0.3 is 0 Å². The Labute approximate surface area is 137 Å². The van der Waals surface area contributed by atoms with Crippen LogP contribution in [0.15, 0.2) is 53.6 Å². The number of hydrogen-bond acceptors (Lipinski definition) is 3. The molecule has 4 nitrogen and oxygen atoms in total. The molecule has 0 aromatic heterocycles. The van der Waals surface area contributed by atoms with Gasteiger partial charge in [-0.15, -0.1) is 0 Å². The van der Waals surface area contributed by atoms with Crippen molar-refractivity contribution in [2.45, 2.75) is 6.92 Å². The van der Waals surface area contributed by atoms with Crippen molar-refractivity contribution < 1.29 is 9.53 Å². The minimum atomic E-state index is -0.231. The number of ether oxygens (including phenoxy) is 1. The standard InChI is InChI=1S/C16H15IN2O2/c1-2-21-15-10-6-3-7-12(15)11-18-19-16(20)13-8-4-5-9-14(13)17/h3-11H,2H2,1H3,(H,19,20)/b18-11-. The molecule has 0 unspecified atom stereocenters. The highest BCUT2D eigenvalue weighted by Crippen LogP contribution is 2.15. The van der Waals surface area contributed by atoms with E-state index in [1.165, 1.54) is 0 Å². The van der Waals surface area contributed by atoms with Crippen LogP contribution in [0.3, 0.4) is 0 Å². The molecule has 0 bridgehead atoms. The molecule has 0 fully saturated rings. The normalized spacial score (nSPS) is 10.6. The lowest BCUT2D eigenvalue weighted by Gasteiger charge is -2.06. The monoisotopic (exact) mass is 394 g/mol. The molecular formula is C16H15IN2O2. The molecule has 108 valence electrons. The van der Waals surface area contributed by atoms with Gasteiger partial charge in [-0.25, -0.2) is 5.43 Å². The van der Waals surface area contributed by atoms with E-state index in [9.17, 15) is 4.79 Å². The summed E-state index contributed by atoms with van der Waals surface area (Å²) in [6.45, 7) is 2.51. The largest absolute Gasteiger partial charge is 0.493 e. The Morgan fingerprint density at radius 3 is 2.71 bits per heavy atom. The highest BCUT2D eigenvalue weighted by molar-refractivity contribution is 14.1. The van der Waals surface area contributed by atoms with Crippen molar-refractivity contribution in [3.05, 3.63) is 63.2 Å². The van der Waals surface area contributed by atoms with E-state index in [4.69, 9.17) is 4.74 Å². The average Bonchev–Trinajstić information content (AvgIpc) is 2.49. The zero-order chi connectivity index (χ0) is 15.1. The summed E-state index contributed by atoms with van der Waals surface area (Å²) in [4.78, 5) is 12.0. The van der Waals surface area contributed by atoms with E-state index in [0.29, 0.717) is 12.2 Å². The molecule has 1 amide bonds. The van der Waals surface area contributed by atoms with Crippen molar-refractivity contribution in [3.8, 4) is 5.75 Å². The molecule has 0 spiro atoms. The number of para-hydroxylation sites is 1.